The molecule has 0 amide bonds. The molecule has 7 heteroatoms. The van der Waals surface area contributed by atoms with Crippen molar-refractivity contribution in [3.8, 4) is 11.4 Å². The number of aromatic hydroxyl groups is 1. The lowest BCUT2D eigenvalue weighted by atomic mass is 9.96. The maximum atomic E-state index is 9.85. The minimum absolute atomic E-state index is 0.133. The number of phenolic OH excluding ortho intramolecular Hbond substituents is 1. The first-order chi connectivity index (χ1) is 16.3. The van der Waals surface area contributed by atoms with Crippen molar-refractivity contribution in [2.24, 2.45) is 0 Å². The van der Waals surface area contributed by atoms with Gasteiger partial charge in [0.05, 0.1) is 17.8 Å². The Morgan fingerprint density at radius 1 is 1.00 bits per heavy atom. The van der Waals surface area contributed by atoms with Gasteiger partial charge in [-0.05, 0) is 98.7 Å². The lowest BCUT2D eigenvalue weighted by Crippen LogP contribution is -2.29. The van der Waals surface area contributed by atoms with Crippen molar-refractivity contribution in [2.75, 3.05) is 4.90 Å². The highest BCUT2D eigenvalue weighted by atomic mass is 35.5. The van der Waals surface area contributed by atoms with Gasteiger partial charge in [-0.1, -0.05) is 23.7 Å². The molecule has 2 N–H and O–H groups in total. The molecule has 5 rings (SSSR count). The second kappa shape index (κ2) is 8.78. The molecule has 172 valence electrons. The zero-order chi connectivity index (χ0) is 24.0. The number of halogens is 1. The van der Waals surface area contributed by atoms with Gasteiger partial charge in [0.2, 0.25) is 0 Å². The summed E-state index contributed by atoms with van der Waals surface area (Å²) in [6, 6.07) is 21.0. The largest absolute Gasteiger partial charge is 0.508 e. The molecule has 4 aromatic rings. The predicted octanol–water partition coefficient (Wildman–Crippen LogP) is 6.33. The maximum absolute atomic E-state index is 9.85. The van der Waals surface area contributed by atoms with Crippen molar-refractivity contribution in [1.82, 2.24) is 14.9 Å². The fourth-order valence-electron chi connectivity index (χ4n) is 4.84. The highest BCUT2D eigenvalue weighted by Crippen LogP contribution is 2.44. The molecule has 0 unspecified atom stereocenters. The van der Waals surface area contributed by atoms with Gasteiger partial charge in [0.25, 0.3) is 0 Å². The van der Waals surface area contributed by atoms with E-state index >= 15 is 0 Å². The Labute approximate surface area is 209 Å². The Morgan fingerprint density at radius 3 is 2.47 bits per heavy atom. The molecule has 2 aromatic carbocycles. The van der Waals surface area contributed by atoms with Crippen LogP contribution in [-0.2, 0) is 0 Å². The summed E-state index contributed by atoms with van der Waals surface area (Å²) in [4.78, 5) is 6.76. The standard InChI is InChI=1S/C27H25ClN4OS/c1-16-7-8-19(28)15-24(16)31-17(2)14-22(18(31)3)26-25(23-6-4-5-13-29-23)30-27(34)32(26)20-9-11-21(33)12-10-20/h4-15,25-26,33H,1-3H3,(H,30,34)/t25-,26+/m0/s1. The average Bonchev–Trinajstić information content (AvgIpc) is 3.32. The number of anilines is 1. The van der Waals surface area contributed by atoms with Gasteiger partial charge in [0.1, 0.15) is 5.75 Å². The fourth-order valence-corrected chi connectivity index (χ4v) is 5.36. The maximum Gasteiger partial charge on any atom is 0.174 e. The molecule has 2 aromatic heterocycles. The third-order valence-corrected chi connectivity index (χ3v) is 6.98. The van der Waals surface area contributed by atoms with E-state index in [9.17, 15) is 5.11 Å². The summed E-state index contributed by atoms with van der Waals surface area (Å²) in [6.45, 7) is 6.34. The van der Waals surface area contributed by atoms with E-state index in [4.69, 9.17) is 23.8 Å². The summed E-state index contributed by atoms with van der Waals surface area (Å²) >= 11 is 12.2. The number of aryl methyl sites for hydroxylation is 2. The van der Waals surface area contributed by atoms with Gasteiger partial charge >= 0.3 is 0 Å². The van der Waals surface area contributed by atoms with E-state index in [2.05, 4.69) is 46.6 Å². The highest BCUT2D eigenvalue weighted by Gasteiger charge is 2.42. The van der Waals surface area contributed by atoms with E-state index < -0.39 is 0 Å². The molecule has 0 aliphatic carbocycles. The van der Waals surface area contributed by atoms with Crippen molar-refractivity contribution in [2.45, 2.75) is 32.9 Å². The lowest BCUT2D eigenvalue weighted by molar-refractivity contribution is 0.475. The topological polar surface area (TPSA) is 53.3 Å². The number of thiocarbonyl (C=S) groups is 1. The zero-order valence-corrected chi connectivity index (χ0v) is 20.7. The molecule has 1 fully saturated rings. The monoisotopic (exact) mass is 488 g/mol. The summed E-state index contributed by atoms with van der Waals surface area (Å²) in [5.74, 6) is 0.217. The quantitative estimate of drug-likeness (QED) is 0.328. The molecule has 0 bridgehead atoms. The molecule has 2 atom stereocenters. The summed E-state index contributed by atoms with van der Waals surface area (Å²) in [5.41, 5.74) is 7.41. The van der Waals surface area contributed by atoms with Crippen LogP contribution in [0.5, 0.6) is 5.75 Å². The van der Waals surface area contributed by atoms with Crippen LogP contribution in [0.3, 0.4) is 0 Å². The van der Waals surface area contributed by atoms with Gasteiger partial charge in [0, 0.05) is 34.0 Å². The summed E-state index contributed by atoms with van der Waals surface area (Å²) < 4.78 is 2.25. The number of hydrogen-bond acceptors (Lipinski definition) is 3. The minimum atomic E-state index is -0.142. The van der Waals surface area contributed by atoms with E-state index in [-0.39, 0.29) is 17.8 Å². The van der Waals surface area contributed by atoms with Crippen molar-refractivity contribution in [1.29, 1.82) is 0 Å². The number of phenols is 1. The third-order valence-electron chi connectivity index (χ3n) is 6.43. The average molecular weight is 489 g/mol. The first-order valence-electron chi connectivity index (χ1n) is 11.1. The third kappa shape index (κ3) is 3.83. The van der Waals surface area contributed by atoms with E-state index in [0.717, 1.165) is 39.6 Å². The van der Waals surface area contributed by atoms with Crippen LogP contribution in [0.4, 0.5) is 5.69 Å². The molecule has 34 heavy (non-hydrogen) atoms. The van der Waals surface area contributed by atoms with Gasteiger partial charge in [-0.25, -0.2) is 0 Å². The van der Waals surface area contributed by atoms with E-state index in [1.165, 1.54) is 0 Å². The number of pyridine rings is 1. The molecule has 1 aliphatic rings. The van der Waals surface area contributed by atoms with E-state index in [1.807, 2.05) is 48.5 Å². The Bertz CT molecular complexity index is 1370. The van der Waals surface area contributed by atoms with Crippen molar-refractivity contribution in [3.05, 3.63) is 106 Å². The number of nitrogens with one attached hydrogen (secondary N) is 1. The first kappa shape index (κ1) is 22.4. The Morgan fingerprint density at radius 2 is 1.76 bits per heavy atom. The first-order valence-corrected chi connectivity index (χ1v) is 11.9. The summed E-state index contributed by atoms with van der Waals surface area (Å²) in [6.07, 6.45) is 1.80. The van der Waals surface area contributed by atoms with E-state index in [1.54, 1.807) is 18.3 Å². The molecule has 5 nitrogen and oxygen atoms in total. The second-order valence-corrected chi connectivity index (χ2v) is 9.43. The van der Waals surface area contributed by atoms with Crippen molar-refractivity contribution < 1.29 is 5.11 Å². The fraction of sp³-hybridized carbons (Fsp3) is 0.185. The van der Waals surface area contributed by atoms with Gasteiger partial charge in [-0.3, -0.25) is 4.98 Å². The Balaban J connectivity index is 1.70. The second-order valence-electron chi connectivity index (χ2n) is 8.61. The number of aromatic nitrogens is 2. The number of rotatable bonds is 4. The normalized spacial score (nSPS) is 17.8. The van der Waals surface area contributed by atoms with Crippen LogP contribution in [0.1, 0.15) is 40.3 Å². The van der Waals surface area contributed by atoms with Gasteiger partial charge in [0.15, 0.2) is 5.11 Å². The number of hydrogen-bond donors (Lipinski definition) is 2. The Kier molecular flexibility index (Phi) is 5.80. The van der Waals surface area contributed by atoms with Crippen LogP contribution in [-0.4, -0.2) is 19.8 Å². The van der Waals surface area contributed by atoms with Crippen LogP contribution in [0.2, 0.25) is 5.02 Å². The number of nitrogens with zero attached hydrogens (tertiary/aromatic N) is 3. The van der Waals surface area contributed by atoms with Crippen LogP contribution >= 0.6 is 23.8 Å². The van der Waals surface area contributed by atoms with Crippen molar-refractivity contribution >= 4 is 34.6 Å². The smallest absolute Gasteiger partial charge is 0.174 e. The molecule has 3 heterocycles. The number of benzene rings is 2. The molecular weight excluding hydrogens is 464 g/mol. The Hall–Kier alpha value is -3.35. The minimum Gasteiger partial charge on any atom is -0.508 e. The molecule has 1 saturated heterocycles. The van der Waals surface area contributed by atoms with Crippen LogP contribution in [0, 0.1) is 20.8 Å². The predicted molar refractivity (Wildman–Crippen MR) is 141 cm³/mol. The highest BCUT2D eigenvalue weighted by molar-refractivity contribution is 7.80. The lowest BCUT2D eigenvalue weighted by Gasteiger charge is -2.28. The van der Waals surface area contributed by atoms with Crippen LogP contribution in [0.15, 0.2) is 72.9 Å². The van der Waals surface area contributed by atoms with Crippen LogP contribution in [0.25, 0.3) is 5.69 Å². The van der Waals surface area contributed by atoms with Gasteiger partial charge in [-0.15, -0.1) is 0 Å². The SMILES string of the molecule is Cc1ccc(Cl)cc1-n1c(C)cc([C@@H]2[C@H](c3ccccn3)NC(=S)N2c2ccc(O)cc2)c1C. The van der Waals surface area contributed by atoms with Gasteiger partial charge in [-0.2, -0.15) is 0 Å². The van der Waals surface area contributed by atoms with E-state index in [0.29, 0.717) is 10.1 Å². The zero-order valence-electron chi connectivity index (χ0n) is 19.2. The van der Waals surface area contributed by atoms with Gasteiger partial charge < -0.3 is 19.9 Å². The molecule has 0 saturated carbocycles. The summed E-state index contributed by atoms with van der Waals surface area (Å²) in [7, 11) is 0. The molecular formula is C27H25ClN4OS. The molecule has 0 radical (unpaired) electrons. The van der Waals surface area contributed by atoms with Crippen molar-refractivity contribution in [3.63, 3.8) is 0 Å². The molecule has 1 aliphatic heterocycles. The van der Waals surface area contributed by atoms with Crippen LogP contribution < -0.4 is 10.2 Å². The summed E-state index contributed by atoms with van der Waals surface area (Å²) in [5, 5.41) is 14.7. The molecule has 0 spiro atoms.